The first-order valence-electron chi connectivity index (χ1n) is 8.37. The molecule has 0 saturated heterocycles. The van der Waals surface area contributed by atoms with Crippen molar-refractivity contribution in [3.8, 4) is 0 Å². The number of nitrogens with zero attached hydrogens (tertiary/aromatic N) is 1. The van der Waals surface area contributed by atoms with Crippen LogP contribution in [0.4, 0.5) is 5.69 Å². The van der Waals surface area contributed by atoms with Gasteiger partial charge in [0.05, 0.1) is 0 Å². The van der Waals surface area contributed by atoms with E-state index in [1.54, 1.807) is 48.8 Å². The van der Waals surface area contributed by atoms with Gasteiger partial charge in [0.2, 0.25) is 0 Å². The summed E-state index contributed by atoms with van der Waals surface area (Å²) in [5, 5.41) is 6.22. The van der Waals surface area contributed by atoms with Gasteiger partial charge in [0.1, 0.15) is 0 Å². The van der Waals surface area contributed by atoms with Crippen molar-refractivity contribution < 1.29 is 9.59 Å². The zero-order valence-electron chi connectivity index (χ0n) is 14.7. The Labute approximate surface area is 162 Å². The maximum atomic E-state index is 12.4. The van der Waals surface area contributed by atoms with Gasteiger partial charge in [-0.2, -0.15) is 0 Å². The molecule has 0 radical (unpaired) electrons. The number of pyridine rings is 1. The molecular weight excluding hydrogens is 362 g/mol. The zero-order chi connectivity index (χ0) is 19.2. The Bertz CT molecular complexity index is 957. The molecule has 0 aliphatic rings. The Morgan fingerprint density at radius 3 is 2.22 bits per heavy atom. The molecule has 6 heteroatoms. The summed E-state index contributed by atoms with van der Waals surface area (Å²) in [5.41, 5.74) is 3.48. The van der Waals surface area contributed by atoms with E-state index in [0.717, 1.165) is 11.1 Å². The highest BCUT2D eigenvalue weighted by Crippen LogP contribution is 2.21. The summed E-state index contributed by atoms with van der Waals surface area (Å²) < 4.78 is 0. The lowest BCUT2D eigenvalue weighted by atomic mass is 10.1. The van der Waals surface area contributed by atoms with Gasteiger partial charge in [-0.15, -0.1) is 0 Å². The predicted octanol–water partition coefficient (Wildman–Crippen LogP) is 4.23. The van der Waals surface area contributed by atoms with Crippen molar-refractivity contribution >= 4 is 29.1 Å². The lowest BCUT2D eigenvalue weighted by Crippen LogP contribution is -2.23. The molecule has 0 spiro atoms. The minimum absolute atomic E-state index is 0.204. The van der Waals surface area contributed by atoms with Gasteiger partial charge in [0, 0.05) is 40.8 Å². The number of aryl methyl sites for hydroxylation is 1. The van der Waals surface area contributed by atoms with E-state index in [1.807, 2.05) is 25.1 Å². The number of carbonyl (C=O) groups excluding carboxylic acids is 2. The maximum absolute atomic E-state index is 12.4. The minimum Gasteiger partial charge on any atom is -0.348 e. The van der Waals surface area contributed by atoms with Crippen LogP contribution in [0.15, 0.2) is 67.0 Å². The van der Waals surface area contributed by atoms with Crippen LogP contribution in [0, 0.1) is 6.92 Å². The molecule has 3 rings (SSSR count). The molecule has 27 heavy (non-hydrogen) atoms. The fraction of sp³-hybridized carbons (Fsp3) is 0.0952. The van der Waals surface area contributed by atoms with Crippen LogP contribution in [0.3, 0.4) is 0 Å². The van der Waals surface area contributed by atoms with E-state index in [4.69, 9.17) is 11.6 Å². The molecule has 5 nitrogen and oxygen atoms in total. The molecule has 0 unspecified atom stereocenters. The predicted molar refractivity (Wildman–Crippen MR) is 106 cm³/mol. The van der Waals surface area contributed by atoms with Crippen molar-refractivity contribution in [1.29, 1.82) is 0 Å². The molecule has 0 aliphatic carbocycles. The van der Waals surface area contributed by atoms with E-state index in [9.17, 15) is 9.59 Å². The van der Waals surface area contributed by atoms with Crippen molar-refractivity contribution in [3.05, 3.63) is 94.3 Å². The van der Waals surface area contributed by atoms with Gasteiger partial charge in [-0.3, -0.25) is 14.6 Å². The number of hydrogen-bond donors (Lipinski definition) is 2. The molecule has 2 aromatic carbocycles. The lowest BCUT2D eigenvalue weighted by molar-refractivity contribution is 0.0949. The van der Waals surface area contributed by atoms with E-state index < -0.39 is 0 Å². The van der Waals surface area contributed by atoms with Crippen molar-refractivity contribution in [1.82, 2.24) is 10.3 Å². The van der Waals surface area contributed by atoms with E-state index >= 15 is 0 Å². The average molecular weight is 380 g/mol. The van der Waals surface area contributed by atoms with Crippen LogP contribution in [0.25, 0.3) is 0 Å². The van der Waals surface area contributed by atoms with Crippen molar-refractivity contribution in [2.24, 2.45) is 0 Å². The van der Waals surface area contributed by atoms with Gasteiger partial charge in [0.25, 0.3) is 11.8 Å². The number of aromatic nitrogens is 1. The summed E-state index contributed by atoms with van der Waals surface area (Å²) in [4.78, 5) is 28.6. The maximum Gasteiger partial charge on any atom is 0.255 e. The largest absolute Gasteiger partial charge is 0.348 e. The first-order chi connectivity index (χ1) is 13.0. The Balaban J connectivity index is 1.63. The van der Waals surface area contributed by atoms with Crippen LogP contribution in [-0.4, -0.2) is 16.8 Å². The normalized spacial score (nSPS) is 10.3. The summed E-state index contributed by atoms with van der Waals surface area (Å²) >= 11 is 5.98. The smallest absolute Gasteiger partial charge is 0.255 e. The fourth-order valence-electron chi connectivity index (χ4n) is 2.48. The fourth-order valence-corrected chi connectivity index (χ4v) is 2.65. The van der Waals surface area contributed by atoms with Crippen molar-refractivity contribution in [2.75, 3.05) is 5.32 Å². The second-order valence-electron chi connectivity index (χ2n) is 6.03. The standard InChI is InChI=1S/C21H18ClN3O2/c1-14-2-7-18(22)12-19(14)25-21(27)17-5-3-16(4-6-17)20(26)24-13-15-8-10-23-11-9-15/h2-12H,13H2,1H3,(H,24,26)(H,25,27). The first kappa shape index (κ1) is 18.6. The second kappa shape index (κ2) is 8.47. The SMILES string of the molecule is Cc1ccc(Cl)cc1NC(=O)c1ccc(C(=O)NCc2ccncc2)cc1. The molecule has 3 aromatic rings. The number of rotatable bonds is 5. The van der Waals surface area contributed by atoms with E-state index in [1.165, 1.54) is 0 Å². The van der Waals surface area contributed by atoms with Gasteiger partial charge in [-0.05, 0) is 66.6 Å². The van der Waals surface area contributed by atoms with Gasteiger partial charge in [-0.1, -0.05) is 17.7 Å². The Morgan fingerprint density at radius 2 is 1.56 bits per heavy atom. The monoisotopic (exact) mass is 379 g/mol. The molecule has 2 amide bonds. The number of halogens is 1. The third-order valence-corrected chi connectivity index (χ3v) is 4.29. The van der Waals surface area contributed by atoms with Crippen LogP contribution in [0.1, 0.15) is 31.8 Å². The summed E-state index contributed by atoms with van der Waals surface area (Å²) in [6, 6.07) is 15.5. The molecule has 0 atom stereocenters. The lowest BCUT2D eigenvalue weighted by Gasteiger charge is -2.09. The molecule has 0 aliphatic heterocycles. The molecule has 136 valence electrons. The number of benzene rings is 2. The van der Waals surface area contributed by atoms with Crippen LogP contribution in [-0.2, 0) is 6.54 Å². The van der Waals surface area contributed by atoms with Gasteiger partial charge >= 0.3 is 0 Å². The molecule has 2 N–H and O–H groups in total. The Kier molecular flexibility index (Phi) is 5.84. The summed E-state index contributed by atoms with van der Waals surface area (Å²) in [6.07, 6.45) is 3.35. The van der Waals surface area contributed by atoms with Crippen molar-refractivity contribution in [2.45, 2.75) is 13.5 Å². The first-order valence-corrected chi connectivity index (χ1v) is 8.75. The molecule has 0 saturated carbocycles. The van der Waals surface area contributed by atoms with Crippen LogP contribution < -0.4 is 10.6 Å². The topological polar surface area (TPSA) is 71.1 Å². The molecular formula is C21H18ClN3O2. The Morgan fingerprint density at radius 1 is 0.926 bits per heavy atom. The third-order valence-electron chi connectivity index (χ3n) is 4.06. The minimum atomic E-state index is -0.260. The number of hydrogen-bond acceptors (Lipinski definition) is 3. The average Bonchev–Trinajstić information content (AvgIpc) is 2.70. The van der Waals surface area contributed by atoms with Gasteiger partial charge in [0.15, 0.2) is 0 Å². The highest BCUT2D eigenvalue weighted by molar-refractivity contribution is 6.31. The third kappa shape index (κ3) is 4.92. The highest BCUT2D eigenvalue weighted by Gasteiger charge is 2.10. The van der Waals surface area contributed by atoms with Crippen LogP contribution in [0.2, 0.25) is 5.02 Å². The summed E-state index contributed by atoms with van der Waals surface area (Å²) in [7, 11) is 0. The second-order valence-corrected chi connectivity index (χ2v) is 6.47. The van der Waals surface area contributed by atoms with Gasteiger partial charge in [-0.25, -0.2) is 0 Å². The van der Waals surface area contributed by atoms with E-state index in [-0.39, 0.29) is 11.8 Å². The van der Waals surface area contributed by atoms with Crippen molar-refractivity contribution in [3.63, 3.8) is 0 Å². The van der Waals surface area contributed by atoms with E-state index in [2.05, 4.69) is 15.6 Å². The number of carbonyl (C=O) groups is 2. The highest BCUT2D eigenvalue weighted by atomic mass is 35.5. The van der Waals surface area contributed by atoms with Crippen LogP contribution >= 0.6 is 11.6 Å². The quantitative estimate of drug-likeness (QED) is 0.697. The van der Waals surface area contributed by atoms with Crippen LogP contribution in [0.5, 0.6) is 0 Å². The number of nitrogens with one attached hydrogen (secondary N) is 2. The number of anilines is 1. The Hall–Kier alpha value is -3.18. The zero-order valence-corrected chi connectivity index (χ0v) is 15.5. The summed E-state index contributed by atoms with van der Waals surface area (Å²) in [5.74, 6) is -0.464. The molecule has 0 bridgehead atoms. The molecule has 1 heterocycles. The summed E-state index contributed by atoms with van der Waals surface area (Å²) in [6.45, 7) is 2.31. The van der Waals surface area contributed by atoms with E-state index in [0.29, 0.717) is 28.4 Å². The number of amides is 2. The van der Waals surface area contributed by atoms with Gasteiger partial charge < -0.3 is 10.6 Å². The molecule has 0 fully saturated rings. The molecule has 1 aromatic heterocycles.